The van der Waals surface area contributed by atoms with E-state index in [0.29, 0.717) is 0 Å². The number of hydrogen-bond acceptors (Lipinski definition) is 3. The van der Waals surface area contributed by atoms with E-state index >= 15 is 0 Å². The summed E-state index contributed by atoms with van der Waals surface area (Å²) in [4.78, 5) is 17.9. The summed E-state index contributed by atoms with van der Waals surface area (Å²) in [6, 6.07) is 7.68. The lowest BCUT2D eigenvalue weighted by Crippen LogP contribution is -2.34. The number of hydrogen-bond donors (Lipinski definition) is 4. The zero-order valence-corrected chi connectivity index (χ0v) is 8.26. The van der Waals surface area contributed by atoms with Crippen LogP contribution in [0.15, 0.2) is 30.3 Å². The van der Waals surface area contributed by atoms with Crippen molar-refractivity contribution in [3.63, 3.8) is 0 Å². The van der Waals surface area contributed by atoms with E-state index in [1.54, 1.807) is 18.2 Å². The topological polar surface area (TPSA) is 104 Å². The highest BCUT2D eigenvalue weighted by atomic mass is 31.2. The third-order valence-corrected chi connectivity index (χ3v) is 3.41. The molecule has 0 aliphatic carbocycles. The fourth-order valence-electron chi connectivity index (χ4n) is 1.11. The van der Waals surface area contributed by atoms with E-state index < -0.39 is 19.5 Å². The largest absolute Gasteiger partial charge is 0.372 e. The van der Waals surface area contributed by atoms with Gasteiger partial charge in [0.2, 0.25) is 5.34 Å². The molecule has 14 heavy (non-hydrogen) atoms. The first-order chi connectivity index (χ1) is 6.42. The Labute approximate surface area is 81.3 Å². The third-order valence-electron chi connectivity index (χ3n) is 2.00. The Bertz CT molecular complexity index is 350. The Kier molecular flexibility index (Phi) is 3.09. The molecule has 1 rings (SSSR count). The van der Waals surface area contributed by atoms with Crippen LogP contribution in [0.2, 0.25) is 0 Å². The molecule has 0 amide bonds. The first-order valence-corrected chi connectivity index (χ1v) is 5.56. The van der Waals surface area contributed by atoms with Gasteiger partial charge >= 0.3 is 7.60 Å². The summed E-state index contributed by atoms with van der Waals surface area (Å²) >= 11 is 0. The van der Waals surface area contributed by atoms with Crippen molar-refractivity contribution in [3.8, 4) is 0 Å². The van der Waals surface area contributed by atoms with Gasteiger partial charge in [-0.2, -0.15) is 0 Å². The maximum Gasteiger partial charge on any atom is 0.362 e. The Morgan fingerprint density at radius 1 is 1.29 bits per heavy atom. The summed E-state index contributed by atoms with van der Waals surface area (Å²) in [7, 11) is -4.68. The number of rotatable bonds is 3. The van der Waals surface area contributed by atoms with E-state index in [4.69, 9.17) is 15.5 Å². The summed E-state index contributed by atoms with van der Waals surface area (Å²) < 4.78 is 11.0. The van der Waals surface area contributed by atoms with Gasteiger partial charge in [-0.3, -0.25) is 4.57 Å². The average molecular weight is 217 g/mol. The molecular weight excluding hydrogens is 205 g/mol. The highest BCUT2D eigenvalue weighted by Gasteiger charge is 2.45. The molecule has 0 bridgehead atoms. The van der Waals surface area contributed by atoms with Crippen molar-refractivity contribution in [2.45, 2.75) is 5.34 Å². The van der Waals surface area contributed by atoms with E-state index in [9.17, 15) is 9.67 Å². The fraction of sp³-hybridized carbons (Fsp3) is 0.250. The van der Waals surface area contributed by atoms with E-state index in [2.05, 4.69) is 0 Å². The van der Waals surface area contributed by atoms with Crippen LogP contribution < -0.4 is 5.73 Å². The summed E-state index contributed by atoms with van der Waals surface area (Å²) in [5, 5.41) is 7.46. The van der Waals surface area contributed by atoms with Gasteiger partial charge < -0.3 is 20.6 Å². The van der Waals surface area contributed by atoms with Gasteiger partial charge in [-0.1, -0.05) is 30.3 Å². The highest BCUT2D eigenvalue weighted by molar-refractivity contribution is 7.52. The molecule has 0 aliphatic heterocycles. The van der Waals surface area contributed by atoms with Crippen molar-refractivity contribution in [2.75, 3.05) is 6.54 Å². The smallest absolute Gasteiger partial charge is 0.362 e. The molecule has 0 aromatic heterocycles. The van der Waals surface area contributed by atoms with Gasteiger partial charge in [0, 0.05) is 6.54 Å². The SMILES string of the molecule is NCC(O)(c1ccccc1)P(=O)(O)O. The Morgan fingerprint density at radius 3 is 2.14 bits per heavy atom. The van der Waals surface area contributed by atoms with Crippen LogP contribution in [0.3, 0.4) is 0 Å². The zero-order valence-electron chi connectivity index (χ0n) is 7.37. The van der Waals surface area contributed by atoms with Crippen molar-refractivity contribution in [1.82, 2.24) is 0 Å². The van der Waals surface area contributed by atoms with Crippen molar-refractivity contribution in [3.05, 3.63) is 35.9 Å². The lowest BCUT2D eigenvalue weighted by Gasteiger charge is -2.27. The predicted molar refractivity (Wildman–Crippen MR) is 51.4 cm³/mol. The molecule has 6 heteroatoms. The standard InChI is InChI=1S/C8H12NO4P/c9-6-8(10,14(11,12)13)7-4-2-1-3-5-7/h1-5,10H,6,9H2,(H2,11,12,13). The number of nitrogens with two attached hydrogens (primary N) is 1. The van der Waals surface area contributed by atoms with Crippen LogP contribution in [-0.2, 0) is 9.91 Å². The monoisotopic (exact) mass is 217 g/mol. The van der Waals surface area contributed by atoms with Gasteiger partial charge in [-0.15, -0.1) is 0 Å². The van der Waals surface area contributed by atoms with Crippen molar-refractivity contribution < 1.29 is 19.5 Å². The number of benzene rings is 1. The average Bonchev–Trinajstić information content (AvgIpc) is 2.16. The van der Waals surface area contributed by atoms with E-state index in [1.807, 2.05) is 0 Å². The van der Waals surface area contributed by atoms with Gasteiger partial charge in [-0.25, -0.2) is 0 Å². The molecular formula is C8H12NO4P. The van der Waals surface area contributed by atoms with Crippen LogP contribution in [-0.4, -0.2) is 21.4 Å². The zero-order chi connectivity index (χ0) is 10.8. The van der Waals surface area contributed by atoms with Crippen molar-refractivity contribution >= 4 is 7.60 Å². The van der Waals surface area contributed by atoms with Crippen LogP contribution in [0, 0.1) is 0 Å². The van der Waals surface area contributed by atoms with Crippen LogP contribution in [0.1, 0.15) is 5.56 Å². The molecule has 0 saturated carbocycles. The van der Waals surface area contributed by atoms with Gasteiger partial charge in [0.15, 0.2) is 0 Å². The normalized spacial score (nSPS) is 16.3. The molecule has 1 unspecified atom stereocenters. The minimum absolute atomic E-state index is 0.121. The first-order valence-electron chi connectivity index (χ1n) is 3.95. The van der Waals surface area contributed by atoms with Crippen LogP contribution in [0.4, 0.5) is 0 Å². The van der Waals surface area contributed by atoms with Crippen LogP contribution in [0.5, 0.6) is 0 Å². The van der Waals surface area contributed by atoms with Crippen molar-refractivity contribution in [2.24, 2.45) is 5.73 Å². The minimum atomic E-state index is -4.68. The molecule has 78 valence electrons. The lowest BCUT2D eigenvalue weighted by molar-refractivity contribution is 0.0977. The summed E-state index contributed by atoms with van der Waals surface area (Å²) in [6.07, 6.45) is 0. The predicted octanol–water partition coefficient (Wildman–Crippen LogP) is -0.0319. The van der Waals surface area contributed by atoms with Crippen LogP contribution in [0.25, 0.3) is 0 Å². The molecule has 0 fully saturated rings. The highest BCUT2D eigenvalue weighted by Crippen LogP contribution is 2.54. The molecule has 0 spiro atoms. The lowest BCUT2D eigenvalue weighted by atomic mass is 10.1. The molecule has 0 heterocycles. The summed E-state index contributed by atoms with van der Waals surface area (Å²) in [6.45, 7) is -0.526. The van der Waals surface area contributed by atoms with E-state index in [0.717, 1.165) is 0 Å². The van der Waals surface area contributed by atoms with Gasteiger partial charge in [0.1, 0.15) is 0 Å². The molecule has 1 aromatic carbocycles. The molecule has 1 aromatic rings. The first kappa shape index (κ1) is 11.4. The summed E-state index contributed by atoms with van der Waals surface area (Å²) in [5.41, 5.74) is 5.30. The molecule has 1 atom stereocenters. The number of aliphatic hydroxyl groups is 1. The molecule has 0 radical (unpaired) electrons. The Morgan fingerprint density at radius 2 is 1.79 bits per heavy atom. The molecule has 5 N–H and O–H groups in total. The second kappa shape index (κ2) is 3.81. The van der Waals surface area contributed by atoms with E-state index in [-0.39, 0.29) is 5.56 Å². The Hall–Kier alpha value is -0.710. The quantitative estimate of drug-likeness (QED) is 0.532. The second-order valence-electron chi connectivity index (χ2n) is 2.93. The Balaban J connectivity index is 3.23. The molecule has 5 nitrogen and oxygen atoms in total. The maximum absolute atomic E-state index is 11.0. The van der Waals surface area contributed by atoms with Gasteiger partial charge in [0.05, 0.1) is 0 Å². The van der Waals surface area contributed by atoms with E-state index in [1.165, 1.54) is 12.1 Å². The minimum Gasteiger partial charge on any atom is -0.372 e. The van der Waals surface area contributed by atoms with Crippen molar-refractivity contribution in [1.29, 1.82) is 0 Å². The van der Waals surface area contributed by atoms with Gasteiger partial charge in [-0.05, 0) is 5.56 Å². The fourth-order valence-corrected chi connectivity index (χ4v) is 1.83. The second-order valence-corrected chi connectivity index (χ2v) is 4.76. The third kappa shape index (κ3) is 1.87. The van der Waals surface area contributed by atoms with Gasteiger partial charge in [0.25, 0.3) is 0 Å². The molecule has 0 saturated heterocycles. The summed E-state index contributed by atoms with van der Waals surface area (Å²) in [5.74, 6) is 0. The molecule has 0 aliphatic rings. The van der Waals surface area contributed by atoms with Crippen LogP contribution >= 0.6 is 7.60 Å². The maximum atomic E-state index is 11.0.